The van der Waals surface area contributed by atoms with Gasteiger partial charge in [-0.05, 0) is 92.8 Å². The molecule has 0 aliphatic rings. The van der Waals surface area contributed by atoms with E-state index in [0.717, 1.165) is 40.7 Å². The van der Waals surface area contributed by atoms with Gasteiger partial charge in [0.05, 0.1) is 23.0 Å². The van der Waals surface area contributed by atoms with Crippen LogP contribution < -0.4 is 27.3 Å². The van der Waals surface area contributed by atoms with Crippen LogP contribution in [0, 0.1) is 27.7 Å². The number of hydrogen-bond acceptors (Lipinski definition) is 8. The first-order valence-electron chi connectivity index (χ1n) is 18.1. The van der Waals surface area contributed by atoms with Crippen molar-refractivity contribution < 1.29 is 26.3 Å². The van der Waals surface area contributed by atoms with E-state index < -0.39 is 22.5 Å². The smallest absolute Gasteiger partial charge is 0.316 e. The van der Waals surface area contributed by atoms with E-state index >= 15 is 0 Å². The number of hydrogen-bond donors (Lipinski definition) is 3. The summed E-state index contributed by atoms with van der Waals surface area (Å²) in [6.07, 6.45) is 6.87. The number of rotatable bonds is 19. The maximum atomic E-state index is 13.4. The van der Waals surface area contributed by atoms with Crippen molar-refractivity contribution in [3.8, 4) is 40.3 Å². The Morgan fingerprint density at radius 3 is 2.33 bits per heavy atom. The van der Waals surface area contributed by atoms with Gasteiger partial charge in [0.15, 0.2) is 23.0 Å². The van der Waals surface area contributed by atoms with Gasteiger partial charge < -0.3 is 17.8 Å². The van der Waals surface area contributed by atoms with E-state index in [9.17, 15) is 8.42 Å². The molecule has 0 bridgehead atoms. The first-order chi connectivity index (χ1) is 26.6. The fourth-order valence-electron chi connectivity index (χ4n) is 6.16. The highest BCUT2D eigenvalue weighted by Gasteiger charge is 2.21. The molecule has 290 valence electrons. The van der Waals surface area contributed by atoms with Crippen LogP contribution in [0.5, 0.6) is 28.9 Å². The van der Waals surface area contributed by atoms with Crippen molar-refractivity contribution in [1.29, 1.82) is 0 Å². The molecule has 0 saturated carbocycles. The molecular weight excluding hydrogens is 760 g/mol. The van der Waals surface area contributed by atoms with Crippen molar-refractivity contribution in [1.82, 2.24) is 19.8 Å². The zero-order valence-electron chi connectivity index (χ0n) is 31.4. The number of aromatic amines is 1. The second-order valence-electron chi connectivity index (χ2n) is 13.2. The number of aromatic nitrogens is 4. The molecule has 0 spiro atoms. The first kappa shape index (κ1) is 39.6. The Morgan fingerprint density at radius 2 is 1.53 bits per heavy atom. The summed E-state index contributed by atoms with van der Waals surface area (Å²) in [4.78, 5) is 0. The van der Waals surface area contributed by atoms with E-state index in [1.54, 1.807) is 28.8 Å². The summed E-state index contributed by atoms with van der Waals surface area (Å²) in [5.41, 5.74) is 5.78. The second-order valence-corrected chi connectivity index (χ2v) is 15.3. The molecule has 2 unspecified atom stereocenters. The molecule has 15 heteroatoms. The number of fused-ring (bicyclic) bond motifs is 1. The summed E-state index contributed by atoms with van der Waals surface area (Å²) in [5, 5.41) is 12.3. The third kappa shape index (κ3) is 10.2. The van der Waals surface area contributed by atoms with Crippen LogP contribution in [0.25, 0.3) is 17.0 Å². The molecule has 2 aromatic heterocycles. The minimum absolute atomic E-state index is 0.215. The molecule has 4 aromatic carbocycles. The third-order valence-electron chi connectivity index (χ3n) is 8.85. The molecule has 12 nitrogen and oxygen atoms in total. The van der Waals surface area contributed by atoms with Crippen LogP contribution >= 0.6 is 11.6 Å². The number of halogens is 1. The Hall–Kier alpha value is -5.05. The van der Waals surface area contributed by atoms with Crippen molar-refractivity contribution in [3.63, 3.8) is 0 Å². The van der Waals surface area contributed by atoms with Crippen molar-refractivity contribution in [2.24, 2.45) is 0 Å². The Bertz CT molecular complexity index is 2300. The maximum Gasteiger partial charge on any atom is 0.316 e. The van der Waals surface area contributed by atoms with Crippen molar-refractivity contribution >= 4 is 51.2 Å². The number of para-hydroxylation sites is 1. The quantitative estimate of drug-likeness (QED) is 0.0687. The van der Waals surface area contributed by atoms with Gasteiger partial charge >= 0.3 is 22.5 Å². The fraction of sp³-hybridized carbons (Fsp3) is 0.300. The number of benzene rings is 4. The number of ether oxygens (including phenoxy) is 2. The number of unbranched alkanes of at least 4 members (excludes halogenated alkanes) is 5. The summed E-state index contributed by atoms with van der Waals surface area (Å²) in [6, 6.07) is 23.3. The lowest BCUT2D eigenvalue weighted by Gasteiger charge is -2.17. The van der Waals surface area contributed by atoms with Crippen LogP contribution in [0.2, 0.25) is 5.02 Å². The third-order valence-corrected chi connectivity index (χ3v) is 10.6. The van der Waals surface area contributed by atoms with Crippen molar-refractivity contribution in [3.05, 3.63) is 106 Å². The first-order valence-corrected chi connectivity index (χ1v) is 20.7. The van der Waals surface area contributed by atoms with Crippen LogP contribution in [0.4, 0.5) is 11.4 Å². The molecule has 55 heavy (non-hydrogen) atoms. The molecule has 0 aliphatic carbocycles. The number of nitrogens with zero attached hydrogens (tertiary/aromatic N) is 3. The number of H-pyrrole nitrogens is 1. The lowest BCUT2D eigenvalue weighted by atomic mass is 9.97. The predicted octanol–water partition coefficient (Wildman–Crippen LogP) is 10.3. The highest BCUT2D eigenvalue weighted by atomic mass is 35.5. The van der Waals surface area contributed by atoms with Gasteiger partial charge in [0, 0.05) is 17.7 Å². The van der Waals surface area contributed by atoms with Gasteiger partial charge in [-0.1, -0.05) is 81.0 Å². The largest absolute Gasteiger partial charge is 0.490 e. The van der Waals surface area contributed by atoms with Gasteiger partial charge in [-0.25, -0.2) is 4.52 Å². The van der Waals surface area contributed by atoms with Gasteiger partial charge in [-0.15, -0.1) is 10.2 Å². The minimum atomic E-state index is -2.05. The minimum Gasteiger partial charge on any atom is -0.490 e. The molecule has 2 atom stereocenters. The molecule has 2 heterocycles. The van der Waals surface area contributed by atoms with E-state index in [1.165, 1.54) is 31.7 Å². The SMILES string of the molecule is CCCCCCCCOc1ccc(C)cc1OS(=O)Nc1cc(OS(=O)Nc2c(C)cc(C)c(-c3nnc4cc(Oc5ccccc5)[nH]n34)c2C)ccc1Cl. The van der Waals surface area contributed by atoms with E-state index in [2.05, 4.69) is 31.7 Å². The van der Waals surface area contributed by atoms with Crippen molar-refractivity contribution in [2.45, 2.75) is 73.1 Å². The highest BCUT2D eigenvalue weighted by molar-refractivity contribution is 7.82. The van der Waals surface area contributed by atoms with Crippen LogP contribution in [-0.4, -0.2) is 34.8 Å². The average molecular weight is 805 g/mol. The maximum absolute atomic E-state index is 13.4. The van der Waals surface area contributed by atoms with Crippen LogP contribution in [0.3, 0.4) is 0 Å². The molecule has 0 amide bonds. The van der Waals surface area contributed by atoms with E-state index in [0.29, 0.717) is 46.9 Å². The lowest BCUT2D eigenvalue weighted by Crippen LogP contribution is -2.15. The van der Waals surface area contributed by atoms with Gasteiger partial charge in [-0.3, -0.25) is 14.5 Å². The zero-order chi connectivity index (χ0) is 38.9. The normalized spacial score (nSPS) is 12.3. The zero-order valence-corrected chi connectivity index (χ0v) is 33.8. The number of anilines is 2. The number of aryl methyl sites for hydroxylation is 3. The summed E-state index contributed by atoms with van der Waals surface area (Å²) < 4.78 is 57.6. The van der Waals surface area contributed by atoms with Gasteiger partial charge in [0.2, 0.25) is 5.88 Å². The van der Waals surface area contributed by atoms with E-state index in [-0.39, 0.29) is 16.5 Å². The van der Waals surface area contributed by atoms with Gasteiger partial charge in [-0.2, -0.15) is 8.42 Å². The van der Waals surface area contributed by atoms with Crippen LogP contribution in [0.1, 0.15) is 67.7 Å². The Labute approximate surface area is 331 Å². The predicted molar refractivity (Wildman–Crippen MR) is 220 cm³/mol. The Kier molecular flexibility index (Phi) is 13.3. The molecule has 6 aromatic rings. The lowest BCUT2D eigenvalue weighted by molar-refractivity contribution is 0.296. The van der Waals surface area contributed by atoms with Crippen molar-refractivity contribution in [2.75, 3.05) is 16.1 Å². The monoisotopic (exact) mass is 804 g/mol. The fourth-order valence-corrected chi connectivity index (χ4v) is 7.86. The topological polar surface area (TPSA) is 141 Å². The Balaban J connectivity index is 1.11. The van der Waals surface area contributed by atoms with Crippen LogP contribution in [0.15, 0.2) is 78.9 Å². The highest BCUT2D eigenvalue weighted by Crippen LogP contribution is 2.36. The molecule has 0 aliphatic heterocycles. The molecule has 0 radical (unpaired) electrons. The Morgan fingerprint density at radius 1 is 0.764 bits per heavy atom. The standard InChI is InChI=1S/C40H45ClN6O6S2/c1-6-7-8-9-10-14-21-50-34-20-17-26(2)22-35(34)53-54(48)45-33-24-31(18-19-32(33)41)52-55(49)46-39-28(4)23-27(3)38(29(39)5)40-43-42-36-25-37(44-47(36)40)51-30-15-12-11-13-16-30/h11-13,15-20,22-25,44-46H,6-10,14,21H2,1-5H3. The van der Waals surface area contributed by atoms with Gasteiger partial charge in [0.1, 0.15) is 11.5 Å². The summed E-state index contributed by atoms with van der Waals surface area (Å²) in [7, 11) is 0. The summed E-state index contributed by atoms with van der Waals surface area (Å²) in [5.74, 6) is 2.82. The molecule has 6 rings (SSSR count). The van der Waals surface area contributed by atoms with E-state index in [1.807, 2.05) is 76.2 Å². The second kappa shape index (κ2) is 18.5. The van der Waals surface area contributed by atoms with Crippen LogP contribution in [-0.2, 0) is 22.5 Å². The van der Waals surface area contributed by atoms with E-state index in [4.69, 9.17) is 29.4 Å². The molecule has 0 fully saturated rings. The molecular formula is C40H45ClN6O6S2. The average Bonchev–Trinajstić information content (AvgIpc) is 3.73. The summed E-state index contributed by atoms with van der Waals surface area (Å²) >= 11 is 2.37. The molecule has 0 saturated heterocycles. The van der Waals surface area contributed by atoms with Gasteiger partial charge in [0.25, 0.3) is 0 Å². The summed E-state index contributed by atoms with van der Waals surface area (Å²) in [6.45, 7) is 10.5. The molecule has 3 N–H and O–H groups in total. The number of nitrogens with one attached hydrogen (secondary N) is 3.